The Kier molecular flexibility index (Phi) is 4.26. The molecule has 0 saturated heterocycles. The van der Waals surface area contributed by atoms with Gasteiger partial charge in [0.1, 0.15) is 5.75 Å². The van der Waals surface area contributed by atoms with Crippen LogP contribution in [-0.2, 0) is 11.3 Å². The van der Waals surface area contributed by atoms with Crippen LogP contribution in [0.15, 0.2) is 30.5 Å². The number of methoxy groups -OCH3 is 1. The van der Waals surface area contributed by atoms with E-state index in [0.29, 0.717) is 5.92 Å². The Labute approximate surface area is 108 Å². The average molecular weight is 247 g/mol. The van der Waals surface area contributed by atoms with Crippen molar-refractivity contribution in [2.75, 3.05) is 20.3 Å². The third kappa shape index (κ3) is 3.05. The van der Waals surface area contributed by atoms with Crippen molar-refractivity contribution in [2.45, 2.75) is 20.4 Å². The minimum absolute atomic E-state index is 0.593. The summed E-state index contributed by atoms with van der Waals surface area (Å²) in [4.78, 5) is 0. The Morgan fingerprint density at radius 2 is 2.06 bits per heavy atom. The van der Waals surface area contributed by atoms with Gasteiger partial charge in [0.2, 0.25) is 0 Å². The molecule has 0 aliphatic rings. The fourth-order valence-electron chi connectivity index (χ4n) is 1.98. The van der Waals surface area contributed by atoms with Gasteiger partial charge in [-0.3, -0.25) is 0 Å². The zero-order chi connectivity index (χ0) is 13.0. The second kappa shape index (κ2) is 5.91. The van der Waals surface area contributed by atoms with Crippen molar-refractivity contribution in [3.8, 4) is 5.75 Å². The van der Waals surface area contributed by atoms with Crippen molar-refractivity contribution in [2.24, 2.45) is 5.92 Å². The lowest BCUT2D eigenvalue weighted by atomic mass is 10.2. The molecule has 1 aromatic carbocycles. The van der Waals surface area contributed by atoms with Gasteiger partial charge in [0.25, 0.3) is 0 Å². The van der Waals surface area contributed by atoms with E-state index in [2.05, 4.69) is 42.8 Å². The van der Waals surface area contributed by atoms with Crippen LogP contribution in [0.2, 0.25) is 0 Å². The fourth-order valence-corrected chi connectivity index (χ4v) is 1.98. The zero-order valence-electron chi connectivity index (χ0n) is 11.3. The van der Waals surface area contributed by atoms with Crippen molar-refractivity contribution in [3.63, 3.8) is 0 Å². The lowest BCUT2D eigenvalue weighted by Crippen LogP contribution is -2.08. The molecule has 0 amide bonds. The molecule has 0 spiro atoms. The number of fused-ring (bicyclic) bond motifs is 1. The van der Waals surface area contributed by atoms with Crippen molar-refractivity contribution >= 4 is 10.9 Å². The minimum Gasteiger partial charge on any atom is -0.497 e. The Morgan fingerprint density at radius 1 is 1.22 bits per heavy atom. The van der Waals surface area contributed by atoms with Crippen LogP contribution in [0.5, 0.6) is 5.75 Å². The SMILES string of the molecule is COc1ccc2c(ccn2CCOCC(C)C)c1. The van der Waals surface area contributed by atoms with Gasteiger partial charge in [-0.1, -0.05) is 13.8 Å². The molecule has 0 N–H and O–H groups in total. The van der Waals surface area contributed by atoms with Crippen LogP contribution in [0.3, 0.4) is 0 Å². The third-order valence-corrected chi connectivity index (χ3v) is 2.91. The Bertz CT molecular complexity index is 502. The van der Waals surface area contributed by atoms with Crippen LogP contribution < -0.4 is 4.74 Å². The predicted molar refractivity (Wildman–Crippen MR) is 74.1 cm³/mol. The molecule has 2 rings (SSSR count). The molecule has 1 heterocycles. The first-order chi connectivity index (χ1) is 8.70. The molecule has 1 aromatic heterocycles. The second-order valence-corrected chi connectivity index (χ2v) is 4.90. The molecular formula is C15H21NO2. The van der Waals surface area contributed by atoms with Crippen LogP contribution >= 0.6 is 0 Å². The van der Waals surface area contributed by atoms with Crippen molar-refractivity contribution in [3.05, 3.63) is 30.5 Å². The van der Waals surface area contributed by atoms with E-state index in [1.54, 1.807) is 7.11 Å². The number of rotatable bonds is 6. The Balaban J connectivity index is 2.01. The Morgan fingerprint density at radius 3 is 2.78 bits per heavy atom. The predicted octanol–water partition coefficient (Wildman–Crippen LogP) is 3.32. The number of nitrogens with zero attached hydrogens (tertiary/aromatic N) is 1. The smallest absolute Gasteiger partial charge is 0.119 e. The Hall–Kier alpha value is -1.48. The van der Waals surface area contributed by atoms with E-state index in [1.807, 2.05) is 6.07 Å². The molecule has 0 atom stereocenters. The quantitative estimate of drug-likeness (QED) is 0.731. The maximum absolute atomic E-state index is 5.62. The molecule has 0 aliphatic carbocycles. The molecule has 3 nitrogen and oxygen atoms in total. The van der Waals surface area contributed by atoms with E-state index in [-0.39, 0.29) is 0 Å². The maximum Gasteiger partial charge on any atom is 0.119 e. The zero-order valence-corrected chi connectivity index (χ0v) is 11.3. The number of aromatic nitrogens is 1. The van der Waals surface area contributed by atoms with E-state index in [1.165, 1.54) is 10.9 Å². The lowest BCUT2D eigenvalue weighted by Gasteiger charge is -2.09. The van der Waals surface area contributed by atoms with Crippen LogP contribution in [0.25, 0.3) is 10.9 Å². The van der Waals surface area contributed by atoms with Gasteiger partial charge in [0.15, 0.2) is 0 Å². The molecule has 0 bridgehead atoms. The number of ether oxygens (including phenoxy) is 2. The first-order valence-corrected chi connectivity index (χ1v) is 6.41. The van der Waals surface area contributed by atoms with Gasteiger partial charge in [-0.15, -0.1) is 0 Å². The van der Waals surface area contributed by atoms with Gasteiger partial charge in [-0.05, 0) is 30.2 Å². The van der Waals surface area contributed by atoms with Gasteiger partial charge < -0.3 is 14.0 Å². The second-order valence-electron chi connectivity index (χ2n) is 4.90. The molecule has 3 heteroatoms. The van der Waals surface area contributed by atoms with E-state index in [9.17, 15) is 0 Å². The highest BCUT2D eigenvalue weighted by molar-refractivity contribution is 5.81. The van der Waals surface area contributed by atoms with Crippen molar-refractivity contribution in [1.29, 1.82) is 0 Å². The number of hydrogen-bond acceptors (Lipinski definition) is 2. The van der Waals surface area contributed by atoms with Crippen LogP contribution in [0.4, 0.5) is 0 Å². The highest BCUT2D eigenvalue weighted by atomic mass is 16.5. The standard InChI is InChI=1S/C15H21NO2/c1-12(2)11-18-9-8-16-7-6-13-10-14(17-3)4-5-15(13)16/h4-7,10,12H,8-9,11H2,1-3H3. The van der Waals surface area contributed by atoms with Crippen molar-refractivity contribution in [1.82, 2.24) is 4.57 Å². The monoisotopic (exact) mass is 247 g/mol. The molecule has 2 aromatic rings. The van der Waals surface area contributed by atoms with E-state index >= 15 is 0 Å². The van der Waals surface area contributed by atoms with Crippen LogP contribution in [-0.4, -0.2) is 24.9 Å². The summed E-state index contributed by atoms with van der Waals surface area (Å²) in [5.74, 6) is 1.49. The first kappa shape index (κ1) is 13.0. The summed E-state index contributed by atoms with van der Waals surface area (Å²) in [7, 11) is 1.69. The van der Waals surface area contributed by atoms with Crippen LogP contribution in [0, 0.1) is 5.92 Å². The molecule has 0 radical (unpaired) electrons. The number of hydrogen-bond donors (Lipinski definition) is 0. The molecule has 18 heavy (non-hydrogen) atoms. The molecule has 0 saturated carbocycles. The lowest BCUT2D eigenvalue weighted by molar-refractivity contribution is 0.104. The topological polar surface area (TPSA) is 23.4 Å². The summed E-state index contributed by atoms with van der Waals surface area (Å²) in [6.07, 6.45) is 2.10. The van der Waals surface area contributed by atoms with E-state index in [0.717, 1.165) is 25.5 Å². The number of benzene rings is 1. The van der Waals surface area contributed by atoms with E-state index < -0.39 is 0 Å². The molecule has 0 aliphatic heterocycles. The highest BCUT2D eigenvalue weighted by Gasteiger charge is 2.02. The van der Waals surface area contributed by atoms with Gasteiger partial charge in [-0.2, -0.15) is 0 Å². The first-order valence-electron chi connectivity index (χ1n) is 6.41. The van der Waals surface area contributed by atoms with Gasteiger partial charge in [-0.25, -0.2) is 0 Å². The summed E-state index contributed by atoms with van der Waals surface area (Å²) in [5, 5.41) is 1.21. The fraction of sp³-hybridized carbons (Fsp3) is 0.467. The normalized spacial score (nSPS) is 11.3. The van der Waals surface area contributed by atoms with Gasteiger partial charge in [0.05, 0.1) is 13.7 Å². The largest absolute Gasteiger partial charge is 0.497 e. The summed E-state index contributed by atoms with van der Waals surface area (Å²) in [5.41, 5.74) is 1.23. The molecular weight excluding hydrogens is 226 g/mol. The highest BCUT2D eigenvalue weighted by Crippen LogP contribution is 2.21. The summed E-state index contributed by atoms with van der Waals surface area (Å²) in [6, 6.07) is 8.26. The maximum atomic E-state index is 5.62. The summed E-state index contributed by atoms with van der Waals surface area (Å²) in [6.45, 7) is 6.80. The van der Waals surface area contributed by atoms with E-state index in [4.69, 9.17) is 9.47 Å². The van der Waals surface area contributed by atoms with Gasteiger partial charge >= 0.3 is 0 Å². The van der Waals surface area contributed by atoms with Crippen molar-refractivity contribution < 1.29 is 9.47 Å². The molecule has 0 unspecified atom stereocenters. The van der Waals surface area contributed by atoms with Gasteiger partial charge in [0, 0.05) is 30.3 Å². The minimum atomic E-state index is 0.593. The third-order valence-electron chi connectivity index (χ3n) is 2.91. The van der Waals surface area contributed by atoms with Crippen LogP contribution in [0.1, 0.15) is 13.8 Å². The summed E-state index contributed by atoms with van der Waals surface area (Å²) >= 11 is 0. The average Bonchev–Trinajstić information content (AvgIpc) is 2.76. The summed E-state index contributed by atoms with van der Waals surface area (Å²) < 4.78 is 13.1. The molecule has 98 valence electrons. The molecule has 0 fully saturated rings.